The van der Waals surface area contributed by atoms with Crippen LogP contribution in [0.5, 0.6) is 0 Å². The fourth-order valence-electron chi connectivity index (χ4n) is 1.68. The van der Waals surface area contributed by atoms with E-state index in [1.807, 2.05) is 13.0 Å². The summed E-state index contributed by atoms with van der Waals surface area (Å²) in [5.41, 5.74) is 6.88. The predicted molar refractivity (Wildman–Crippen MR) is 73.4 cm³/mol. The van der Waals surface area contributed by atoms with Crippen LogP contribution >= 0.6 is 0 Å². The van der Waals surface area contributed by atoms with Crippen molar-refractivity contribution < 1.29 is 12.8 Å². The molecule has 0 saturated heterocycles. The summed E-state index contributed by atoms with van der Waals surface area (Å²) < 4.78 is 29.9. The standard InChI is InChI=1S/C12H17N3O3S/c1-3-19(16,17)7-6-15-8-10(13)12(14-15)11-5-4-9(2)18-11/h4-5,8H,3,6-7,13H2,1-2H3. The van der Waals surface area contributed by atoms with Gasteiger partial charge in [-0.15, -0.1) is 0 Å². The minimum absolute atomic E-state index is 0.0568. The third kappa shape index (κ3) is 3.17. The van der Waals surface area contributed by atoms with Gasteiger partial charge in [0, 0.05) is 11.9 Å². The number of nitrogen functional groups attached to an aromatic ring is 1. The van der Waals surface area contributed by atoms with Crippen molar-refractivity contribution in [3.8, 4) is 11.5 Å². The highest BCUT2D eigenvalue weighted by molar-refractivity contribution is 7.91. The van der Waals surface area contributed by atoms with Crippen LogP contribution < -0.4 is 5.73 Å². The largest absolute Gasteiger partial charge is 0.460 e. The number of furan rings is 1. The van der Waals surface area contributed by atoms with Crippen molar-refractivity contribution in [3.05, 3.63) is 24.1 Å². The minimum Gasteiger partial charge on any atom is -0.460 e. The number of sulfone groups is 1. The van der Waals surface area contributed by atoms with Gasteiger partial charge < -0.3 is 10.2 Å². The van der Waals surface area contributed by atoms with Crippen LogP contribution in [-0.2, 0) is 16.4 Å². The molecule has 0 aliphatic rings. The van der Waals surface area contributed by atoms with E-state index in [1.165, 1.54) is 4.68 Å². The lowest BCUT2D eigenvalue weighted by atomic mass is 10.3. The normalized spacial score (nSPS) is 11.9. The molecule has 0 atom stereocenters. The Labute approximate surface area is 112 Å². The number of aromatic nitrogens is 2. The lowest BCUT2D eigenvalue weighted by Crippen LogP contribution is -2.14. The maximum absolute atomic E-state index is 11.4. The Bertz CT molecular complexity index is 670. The fraction of sp³-hybridized carbons (Fsp3) is 0.417. The first-order chi connectivity index (χ1) is 8.91. The molecule has 2 aromatic rings. The van der Waals surface area contributed by atoms with Crippen LogP contribution in [-0.4, -0.2) is 29.7 Å². The lowest BCUT2D eigenvalue weighted by Gasteiger charge is -2.01. The first kappa shape index (κ1) is 13.7. The molecule has 0 bridgehead atoms. The van der Waals surface area contributed by atoms with Gasteiger partial charge in [-0.25, -0.2) is 8.42 Å². The van der Waals surface area contributed by atoms with E-state index >= 15 is 0 Å². The van der Waals surface area contributed by atoms with Crippen molar-refractivity contribution in [2.45, 2.75) is 20.4 Å². The molecule has 0 saturated carbocycles. The van der Waals surface area contributed by atoms with Crippen molar-refractivity contribution in [1.29, 1.82) is 0 Å². The van der Waals surface area contributed by atoms with E-state index < -0.39 is 9.84 Å². The van der Waals surface area contributed by atoms with Gasteiger partial charge in [-0.1, -0.05) is 6.92 Å². The van der Waals surface area contributed by atoms with Gasteiger partial charge >= 0.3 is 0 Å². The van der Waals surface area contributed by atoms with E-state index in [0.29, 0.717) is 23.7 Å². The maximum atomic E-state index is 11.4. The SMILES string of the molecule is CCS(=O)(=O)CCn1cc(N)c(-c2ccc(C)o2)n1. The molecule has 0 radical (unpaired) electrons. The first-order valence-corrected chi connectivity index (χ1v) is 7.83. The zero-order valence-electron chi connectivity index (χ0n) is 11.0. The summed E-state index contributed by atoms with van der Waals surface area (Å²) in [7, 11) is -3.01. The topological polar surface area (TPSA) is 91.1 Å². The second kappa shape index (κ2) is 5.08. The van der Waals surface area contributed by atoms with Crippen LogP contribution in [0, 0.1) is 6.92 Å². The minimum atomic E-state index is -3.01. The number of nitrogens with zero attached hydrogens (tertiary/aromatic N) is 2. The van der Waals surface area contributed by atoms with Crippen molar-refractivity contribution in [2.24, 2.45) is 0 Å². The zero-order valence-corrected chi connectivity index (χ0v) is 11.8. The van der Waals surface area contributed by atoms with Gasteiger partial charge in [0.2, 0.25) is 0 Å². The van der Waals surface area contributed by atoms with E-state index in [4.69, 9.17) is 10.2 Å². The second-order valence-corrected chi connectivity index (χ2v) is 6.82. The molecule has 0 aliphatic heterocycles. The molecule has 6 nitrogen and oxygen atoms in total. The second-order valence-electron chi connectivity index (χ2n) is 4.34. The van der Waals surface area contributed by atoms with E-state index in [1.54, 1.807) is 19.2 Å². The Morgan fingerprint density at radius 2 is 2.16 bits per heavy atom. The fourth-order valence-corrected chi connectivity index (χ4v) is 2.44. The maximum Gasteiger partial charge on any atom is 0.156 e. The van der Waals surface area contributed by atoms with E-state index in [0.717, 1.165) is 5.76 Å². The van der Waals surface area contributed by atoms with Gasteiger partial charge in [0.15, 0.2) is 21.3 Å². The lowest BCUT2D eigenvalue weighted by molar-refractivity contribution is 0.543. The average Bonchev–Trinajstić information content (AvgIpc) is 2.93. The monoisotopic (exact) mass is 283 g/mol. The summed E-state index contributed by atoms with van der Waals surface area (Å²) in [5.74, 6) is 1.56. The van der Waals surface area contributed by atoms with Crippen LogP contribution in [0.4, 0.5) is 5.69 Å². The molecule has 0 aromatic carbocycles. The molecule has 19 heavy (non-hydrogen) atoms. The summed E-state index contributed by atoms with van der Waals surface area (Å²) in [4.78, 5) is 0. The Hall–Kier alpha value is -1.76. The number of hydrogen-bond acceptors (Lipinski definition) is 5. The molecule has 104 valence electrons. The Kier molecular flexibility index (Phi) is 3.66. The van der Waals surface area contributed by atoms with Gasteiger partial charge in [0.05, 0.1) is 18.0 Å². The summed E-state index contributed by atoms with van der Waals surface area (Å²) >= 11 is 0. The quantitative estimate of drug-likeness (QED) is 0.897. The van der Waals surface area contributed by atoms with Crippen LogP contribution in [0.3, 0.4) is 0 Å². The highest BCUT2D eigenvalue weighted by atomic mass is 32.2. The van der Waals surface area contributed by atoms with Crippen LogP contribution in [0.15, 0.2) is 22.7 Å². The van der Waals surface area contributed by atoms with Gasteiger partial charge in [-0.2, -0.15) is 5.10 Å². The van der Waals surface area contributed by atoms with Crippen molar-refractivity contribution in [2.75, 3.05) is 17.2 Å². The molecule has 0 amide bonds. The van der Waals surface area contributed by atoms with Crippen LogP contribution in [0.1, 0.15) is 12.7 Å². The van der Waals surface area contributed by atoms with Gasteiger partial charge in [-0.3, -0.25) is 4.68 Å². The number of aryl methyl sites for hydroxylation is 2. The number of anilines is 1. The smallest absolute Gasteiger partial charge is 0.156 e. The van der Waals surface area contributed by atoms with Crippen LogP contribution in [0.25, 0.3) is 11.5 Å². The molecule has 2 heterocycles. The number of rotatable bonds is 5. The molecule has 0 aliphatic carbocycles. The summed E-state index contributed by atoms with van der Waals surface area (Å²) in [6.45, 7) is 3.76. The molecule has 2 rings (SSSR count). The number of nitrogens with two attached hydrogens (primary N) is 1. The van der Waals surface area contributed by atoms with Crippen LogP contribution in [0.2, 0.25) is 0 Å². The van der Waals surface area contributed by atoms with Gasteiger partial charge in [0.25, 0.3) is 0 Å². The average molecular weight is 283 g/mol. The molecular weight excluding hydrogens is 266 g/mol. The Morgan fingerprint density at radius 1 is 1.42 bits per heavy atom. The molecule has 0 fully saturated rings. The molecule has 0 spiro atoms. The predicted octanol–water partition coefficient (Wildman–Crippen LogP) is 1.47. The third-order valence-corrected chi connectivity index (χ3v) is 4.52. The molecule has 7 heteroatoms. The van der Waals surface area contributed by atoms with Crippen molar-refractivity contribution >= 4 is 15.5 Å². The number of hydrogen-bond donors (Lipinski definition) is 1. The van der Waals surface area contributed by atoms with Crippen molar-refractivity contribution in [3.63, 3.8) is 0 Å². The molecule has 2 N–H and O–H groups in total. The van der Waals surface area contributed by atoms with Crippen molar-refractivity contribution in [1.82, 2.24) is 9.78 Å². The highest BCUT2D eigenvalue weighted by Gasteiger charge is 2.13. The van der Waals surface area contributed by atoms with E-state index in [-0.39, 0.29) is 11.5 Å². The van der Waals surface area contributed by atoms with E-state index in [2.05, 4.69) is 5.10 Å². The van der Waals surface area contributed by atoms with E-state index in [9.17, 15) is 8.42 Å². The van der Waals surface area contributed by atoms with Gasteiger partial charge in [0.1, 0.15) is 5.76 Å². The molecular formula is C12H17N3O3S. The van der Waals surface area contributed by atoms with Gasteiger partial charge in [-0.05, 0) is 19.1 Å². The first-order valence-electron chi connectivity index (χ1n) is 6.01. The Balaban J connectivity index is 2.18. The highest BCUT2D eigenvalue weighted by Crippen LogP contribution is 2.25. The zero-order chi connectivity index (χ0) is 14.0. The third-order valence-electron chi connectivity index (χ3n) is 2.83. The summed E-state index contributed by atoms with van der Waals surface area (Å²) in [6.07, 6.45) is 1.62. The Morgan fingerprint density at radius 3 is 2.74 bits per heavy atom. The molecule has 0 unspecified atom stereocenters. The summed E-state index contributed by atoms with van der Waals surface area (Å²) in [6, 6.07) is 3.62. The summed E-state index contributed by atoms with van der Waals surface area (Å²) in [5, 5.41) is 4.26. The molecule has 2 aromatic heterocycles.